The Hall–Kier alpha value is -1.91. The van der Waals surface area contributed by atoms with Crippen LogP contribution in [0.2, 0.25) is 0 Å². The van der Waals surface area contributed by atoms with Crippen LogP contribution in [0.4, 0.5) is 0 Å². The molecule has 33 heavy (non-hydrogen) atoms. The smallest absolute Gasteiger partial charge is 0.338 e. The van der Waals surface area contributed by atoms with Gasteiger partial charge in [-0.1, -0.05) is 95.7 Å². The van der Waals surface area contributed by atoms with Gasteiger partial charge in [0.1, 0.15) is 0 Å². The van der Waals surface area contributed by atoms with E-state index >= 15 is 0 Å². The molecule has 0 N–H and O–H groups in total. The molecule has 172 valence electrons. The van der Waals surface area contributed by atoms with Crippen LogP contribution >= 0.6 is 31.9 Å². The van der Waals surface area contributed by atoms with Crippen molar-refractivity contribution in [1.29, 1.82) is 0 Å². The molecule has 1 aliphatic rings. The number of ether oxygens (including phenoxy) is 1. The Morgan fingerprint density at radius 1 is 0.788 bits per heavy atom. The fourth-order valence-corrected chi connectivity index (χ4v) is 6.02. The van der Waals surface area contributed by atoms with Gasteiger partial charge in [0.2, 0.25) is 0 Å². The van der Waals surface area contributed by atoms with E-state index in [4.69, 9.17) is 4.74 Å². The Labute approximate surface area is 214 Å². The summed E-state index contributed by atoms with van der Waals surface area (Å²) in [6.07, 6.45) is 6.98. The van der Waals surface area contributed by atoms with Crippen LogP contribution in [0.25, 0.3) is 22.3 Å². The van der Waals surface area contributed by atoms with Crippen molar-refractivity contribution < 1.29 is 9.53 Å². The van der Waals surface area contributed by atoms with E-state index in [0.29, 0.717) is 5.56 Å². The summed E-state index contributed by atoms with van der Waals surface area (Å²) in [4.78, 5) is 12.6. The predicted octanol–water partition coefficient (Wildman–Crippen LogP) is 9.31. The molecule has 0 heterocycles. The molecule has 4 heteroatoms. The van der Waals surface area contributed by atoms with Gasteiger partial charge in [0.15, 0.2) is 0 Å². The molecule has 0 aliphatic heterocycles. The minimum Gasteiger partial charge on any atom is -0.465 e. The molecule has 0 saturated carbocycles. The zero-order valence-electron chi connectivity index (χ0n) is 19.5. The Morgan fingerprint density at radius 2 is 1.33 bits per heavy atom. The lowest BCUT2D eigenvalue weighted by molar-refractivity contribution is 0.0601. The molecular weight excluding hydrogens is 540 g/mol. The van der Waals surface area contributed by atoms with Crippen molar-refractivity contribution in [2.45, 2.75) is 57.8 Å². The minimum absolute atomic E-state index is 0.00271. The van der Waals surface area contributed by atoms with Crippen molar-refractivity contribution in [3.05, 3.63) is 80.2 Å². The molecule has 0 radical (unpaired) electrons. The van der Waals surface area contributed by atoms with Crippen LogP contribution in [0.1, 0.15) is 73.9 Å². The molecule has 0 atom stereocenters. The number of benzene rings is 3. The normalized spacial score (nSPS) is 13.5. The zero-order chi connectivity index (χ0) is 23.6. The van der Waals surface area contributed by atoms with Gasteiger partial charge in [-0.15, -0.1) is 0 Å². The Kier molecular flexibility index (Phi) is 7.45. The van der Waals surface area contributed by atoms with E-state index < -0.39 is 0 Å². The fourth-order valence-electron chi connectivity index (χ4n) is 5.30. The lowest BCUT2D eigenvalue weighted by atomic mass is 9.70. The average Bonchev–Trinajstić information content (AvgIpc) is 3.09. The highest BCUT2D eigenvalue weighted by molar-refractivity contribution is 9.10. The van der Waals surface area contributed by atoms with Crippen LogP contribution in [0.15, 0.2) is 63.5 Å². The van der Waals surface area contributed by atoms with Crippen LogP contribution in [-0.4, -0.2) is 13.1 Å². The van der Waals surface area contributed by atoms with Gasteiger partial charge >= 0.3 is 5.97 Å². The van der Waals surface area contributed by atoms with Gasteiger partial charge in [0, 0.05) is 14.4 Å². The first-order valence-electron chi connectivity index (χ1n) is 11.8. The van der Waals surface area contributed by atoms with Crippen LogP contribution in [0, 0.1) is 0 Å². The maximum atomic E-state index is 12.6. The van der Waals surface area contributed by atoms with Crippen molar-refractivity contribution in [3.8, 4) is 22.3 Å². The number of hydrogen-bond donors (Lipinski definition) is 0. The highest BCUT2D eigenvalue weighted by Crippen LogP contribution is 2.55. The largest absolute Gasteiger partial charge is 0.465 e. The first kappa shape index (κ1) is 24.2. The number of carbonyl (C=O) groups excluding carboxylic acids is 1. The second-order valence-corrected chi connectivity index (χ2v) is 10.8. The van der Waals surface area contributed by atoms with Crippen molar-refractivity contribution >= 4 is 37.8 Å². The summed E-state index contributed by atoms with van der Waals surface area (Å²) in [6, 6.07) is 19.3. The third-order valence-corrected chi connectivity index (χ3v) is 7.92. The SMILES string of the molecule is CCCCC1(CCCC)c2cc(Br)ccc2-c2ccc(-c3ccc(Br)cc3C(=O)OC)cc21. The molecule has 0 unspecified atom stereocenters. The van der Waals surface area contributed by atoms with Crippen LogP contribution in [-0.2, 0) is 10.2 Å². The Balaban J connectivity index is 1.95. The molecule has 1 aliphatic carbocycles. The number of hydrogen-bond acceptors (Lipinski definition) is 2. The zero-order valence-corrected chi connectivity index (χ0v) is 22.7. The third kappa shape index (κ3) is 4.44. The van der Waals surface area contributed by atoms with Crippen LogP contribution < -0.4 is 0 Å². The number of unbranched alkanes of at least 4 members (excludes halogenated alkanes) is 2. The second kappa shape index (κ2) is 10.1. The molecule has 2 nitrogen and oxygen atoms in total. The van der Waals surface area contributed by atoms with Crippen molar-refractivity contribution in [1.82, 2.24) is 0 Å². The molecule has 4 rings (SSSR count). The molecule has 0 bridgehead atoms. The third-order valence-electron chi connectivity index (χ3n) is 6.93. The van der Waals surface area contributed by atoms with Crippen LogP contribution in [0.5, 0.6) is 0 Å². The fraction of sp³-hybridized carbons (Fsp3) is 0.345. The summed E-state index contributed by atoms with van der Waals surface area (Å²) in [6.45, 7) is 4.54. The van der Waals surface area contributed by atoms with E-state index in [9.17, 15) is 4.79 Å². The summed E-state index contributed by atoms with van der Waals surface area (Å²) in [5.74, 6) is -0.317. The van der Waals surface area contributed by atoms with E-state index in [0.717, 1.165) is 32.9 Å². The molecule has 0 aromatic heterocycles. The molecular formula is C29H30Br2O2. The number of halogens is 2. The molecule has 0 amide bonds. The summed E-state index contributed by atoms with van der Waals surface area (Å²) in [7, 11) is 1.44. The highest BCUT2D eigenvalue weighted by Gasteiger charge is 2.42. The van der Waals surface area contributed by atoms with E-state index in [-0.39, 0.29) is 11.4 Å². The molecule has 3 aromatic carbocycles. The number of carbonyl (C=O) groups is 1. The number of rotatable bonds is 8. The number of methoxy groups -OCH3 is 1. The number of fused-ring (bicyclic) bond motifs is 3. The minimum atomic E-state index is -0.317. The van der Waals surface area contributed by atoms with E-state index in [1.54, 1.807) is 0 Å². The van der Waals surface area contributed by atoms with Gasteiger partial charge in [0.25, 0.3) is 0 Å². The van der Waals surface area contributed by atoms with Gasteiger partial charge in [0.05, 0.1) is 12.7 Å². The summed E-state index contributed by atoms with van der Waals surface area (Å²) >= 11 is 7.24. The second-order valence-electron chi connectivity index (χ2n) is 8.92. The molecule has 0 fully saturated rings. The predicted molar refractivity (Wildman–Crippen MR) is 144 cm³/mol. The lowest BCUT2D eigenvalue weighted by Gasteiger charge is -2.33. The first-order chi connectivity index (χ1) is 15.9. The summed E-state index contributed by atoms with van der Waals surface area (Å²) in [5, 5.41) is 0. The monoisotopic (exact) mass is 568 g/mol. The van der Waals surface area contributed by atoms with Crippen molar-refractivity contribution in [3.63, 3.8) is 0 Å². The van der Waals surface area contributed by atoms with Gasteiger partial charge in [-0.3, -0.25) is 0 Å². The van der Waals surface area contributed by atoms with Crippen molar-refractivity contribution in [2.24, 2.45) is 0 Å². The van der Waals surface area contributed by atoms with E-state index in [1.807, 2.05) is 18.2 Å². The topological polar surface area (TPSA) is 26.3 Å². The molecule has 0 saturated heterocycles. The van der Waals surface area contributed by atoms with E-state index in [2.05, 4.69) is 82.1 Å². The van der Waals surface area contributed by atoms with E-state index in [1.165, 1.54) is 55.0 Å². The summed E-state index contributed by atoms with van der Waals surface area (Å²) in [5.41, 5.74) is 8.05. The van der Waals surface area contributed by atoms with Gasteiger partial charge in [-0.05, 0) is 76.6 Å². The highest BCUT2D eigenvalue weighted by atomic mass is 79.9. The summed E-state index contributed by atoms with van der Waals surface area (Å²) < 4.78 is 7.09. The maximum Gasteiger partial charge on any atom is 0.338 e. The quantitative estimate of drug-likeness (QED) is 0.253. The molecule has 0 spiro atoms. The van der Waals surface area contributed by atoms with Gasteiger partial charge in [-0.2, -0.15) is 0 Å². The van der Waals surface area contributed by atoms with Crippen LogP contribution in [0.3, 0.4) is 0 Å². The first-order valence-corrected chi connectivity index (χ1v) is 13.4. The average molecular weight is 570 g/mol. The van der Waals surface area contributed by atoms with Gasteiger partial charge < -0.3 is 4.74 Å². The standard InChI is InChI=1S/C29H30Br2O2/c1-4-6-14-29(15-7-5-2)26-16-19(22-12-9-20(30)17-25(22)28(32)33-3)8-11-23(26)24-13-10-21(31)18-27(24)29/h8-13,16-18H,4-7,14-15H2,1-3H3. The number of esters is 1. The van der Waals surface area contributed by atoms with Crippen molar-refractivity contribution in [2.75, 3.05) is 7.11 Å². The maximum absolute atomic E-state index is 12.6. The Morgan fingerprint density at radius 3 is 1.94 bits per heavy atom. The molecule has 3 aromatic rings. The Bertz CT molecular complexity index is 1170. The van der Waals surface area contributed by atoms with Gasteiger partial charge in [-0.25, -0.2) is 4.79 Å². The lowest BCUT2D eigenvalue weighted by Crippen LogP contribution is -2.25.